The van der Waals surface area contributed by atoms with Gasteiger partial charge in [-0.15, -0.1) is 0 Å². The van der Waals surface area contributed by atoms with Crippen molar-refractivity contribution in [2.75, 3.05) is 6.61 Å². The second-order valence-electron chi connectivity index (χ2n) is 4.89. The fourth-order valence-corrected chi connectivity index (χ4v) is 3.01. The smallest absolute Gasteiger partial charge is 0.321 e. The Morgan fingerprint density at radius 1 is 1.59 bits per heavy atom. The minimum atomic E-state index is -3.72. The monoisotopic (exact) mass is 349 g/mol. The average Bonchev–Trinajstić information content (AvgIpc) is 3.01. The van der Waals surface area contributed by atoms with E-state index in [2.05, 4.69) is 21.8 Å². The first kappa shape index (κ1) is 15.7. The van der Waals surface area contributed by atoms with Crippen molar-refractivity contribution in [3.63, 3.8) is 0 Å². The zero-order valence-corrected chi connectivity index (χ0v) is 12.9. The van der Waals surface area contributed by atoms with E-state index in [1.54, 1.807) is 0 Å². The van der Waals surface area contributed by atoms with Gasteiger partial charge in [-0.25, -0.2) is 9.37 Å². The third kappa shape index (κ3) is 3.12. The van der Waals surface area contributed by atoms with Crippen LogP contribution in [0.15, 0.2) is 17.3 Å². The number of fused-ring (bicyclic) bond motifs is 1. The zero-order chi connectivity index (χ0) is 15.9. The molecule has 1 aliphatic heterocycles. The van der Waals surface area contributed by atoms with E-state index in [4.69, 9.17) is 19.0 Å². The molecule has 1 saturated heterocycles. The molecule has 1 fully saturated rings. The van der Waals surface area contributed by atoms with Gasteiger partial charge in [0.15, 0.2) is 11.5 Å². The van der Waals surface area contributed by atoms with Crippen molar-refractivity contribution in [1.82, 2.24) is 14.5 Å². The van der Waals surface area contributed by atoms with Crippen molar-refractivity contribution in [2.45, 2.75) is 25.2 Å². The predicted molar refractivity (Wildman–Crippen MR) is 78.1 cm³/mol. The third-order valence-corrected chi connectivity index (χ3v) is 4.19. The minimum Gasteiger partial charge on any atom is -0.352 e. The summed E-state index contributed by atoms with van der Waals surface area (Å²) in [6.45, 7) is -3.78. The van der Waals surface area contributed by atoms with E-state index in [1.165, 1.54) is 17.1 Å². The van der Waals surface area contributed by atoms with Crippen molar-refractivity contribution in [1.29, 1.82) is 0 Å². The van der Waals surface area contributed by atoms with Crippen LogP contribution in [0.3, 0.4) is 0 Å². The number of nitrogens with zero attached hydrogens (tertiary/aromatic N) is 2. The van der Waals surface area contributed by atoms with E-state index in [-0.39, 0.29) is 17.6 Å². The summed E-state index contributed by atoms with van der Waals surface area (Å²) in [5, 5.41) is -0.119. The summed E-state index contributed by atoms with van der Waals surface area (Å²) in [4.78, 5) is 36.0. The molecule has 0 amide bonds. The summed E-state index contributed by atoms with van der Waals surface area (Å²) in [5.41, 5.74) is -0.359. The van der Waals surface area contributed by atoms with Gasteiger partial charge in [0.25, 0.3) is 5.56 Å². The average molecular weight is 349 g/mol. The first-order valence-corrected chi connectivity index (χ1v) is 9.07. The molecule has 3 N–H and O–H groups in total. The second-order valence-corrected chi connectivity index (χ2v) is 7.56. The number of ether oxygens (including phenoxy) is 1. The Morgan fingerprint density at radius 2 is 2.36 bits per heavy atom. The number of aromatic amines is 1. The quantitative estimate of drug-likeness (QED) is 0.699. The highest BCUT2D eigenvalue weighted by molar-refractivity contribution is 8.06. The molecule has 0 radical (unpaired) electrons. The van der Waals surface area contributed by atoms with Gasteiger partial charge in [-0.1, -0.05) is 0 Å². The van der Waals surface area contributed by atoms with Crippen LogP contribution in [-0.4, -0.2) is 37.0 Å². The van der Waals surface area contributed by atoms with Crippen molar-refractivity contribution < 1.29 is 23.4 Å². The van der Waals surface area contributed by atoms with Crippen LogP contribution in [0.4, 0.5) is 4.39 Å². The van der Waals surface area contributed by atoms with Crippen LogP contribution >= 0.6 is 6.72 Å². The molecule has 0 aliphatic carbocycles. The topological polar surface area (TPSA) is 110 Å². The summed E-state index contributed by atoms with van der Waals surface area (Å²) >= 11 is 4.36. The molecule has 2 aromatic heterocycles. The Kier molecular flexibility index (Phi) is 4.15. The fourth-order valence-electron chi connectivity index (χ4n) is 2.46. The van der Waals surface area contributed by atoms with E-state index >= 15 is 0 Å². The molecule has 3 heterocycles. The van der Waals surface area contributed by atoms with Gasteiger partial charge in [0, 0.05) is 6.20 Å². The molecule has 120 valence electrons. The summed E-state index contributed by atoms with van der Waals surface area (Å²) in [7, 11) is 0. The predicted octanol–water partition coefficient (Wildman–Crippen LogP) is 0.767. The van der Waals surface area contributed by atoms with E-state index < -0.39 is 30.4 Å². The van der Waals surface area contributed by atoms with Gasteiger partial charge in [-0.3, -0.25) is 4.79 Å². The molecule has 0 spiro atoms. The summed E-state index contributed by atoms with van der Waals surface area (Å²) in [6.07, 6.45) is 2.59. The molecule has 3 rings (SSSR count). The van der Waals surface area contributed by atoms with Gasteiger partial charge >= 0.3 is 6.72 Å². The lowest BCUT2D eigenvalue weighted by molar-refractivity contribution is -0.0178. The van der Waals surface area contributed by atoms with E-state index in [9.17, 15) is 9.18 Å². The summed E-state index contributed by atoms with van der Waals surface area (Å²) < 4.78 is 25.8. The van der Waals surface area contributed by atoms with Crippen molar-refractivity contribution in [3.8, 4) is 0 Å². The highest BCUT2D eigenvalue weighted by Crippen LogP contribution is 2.39. The van der Waals surface area contributed by atoms with Gasteiger partial charge in [-0.05, 0) is 24.6 Å². The molecule has 22 heavy (non-hydrogen) atoms. The molecular weight excluding hydrogens is 336 g/mol. The highest BCUT2D eigenvalue weighted by Gasteiger charge is 2.30. The number of rotatable bonds is 4. The minimum absolute atomic E-state index is 0.0591. The normalized spacial score (nSPS) is 22.5. The Hall–Kier alpha value is -1.16. The van der Waals surface area contributed by atoms with Crippen LogP contribution in [0.5, 0.6) is 0 Å². The lowest BCUT2D eigenvalue weighted by Crippen LogP contribution is -2.16. The molecule has 11 heteroatoms. The second kappa shape index (κ2) is 5.80. The maximum atomic E-state index is 13.9. The number of H-pyrrole nitrogens is 1. The van der Waals surface area contributed by atoms with Crippen LogP contribution in [0.1, 0.15) is 19.1 Å². The number of halogens is 1. The van der Waals surface area contributed by atoms with Crippen LogP contribution in [0.25, 0.3) is 11.0 Å². The van der Waals surface area contributed by atoms with Gasteiger partial charge < -0.3 is 28.6 Å². The number of hydrogen-bond donors (Lipinski definition) is 3. The summed E-state index contributed by atoms with van der Waals surface area (Å²) in [5.74, 6) is -0.672. The molecule has 0 bridgehead atoms. The molecule has 8 nitrogen and oxygen atoms in total. The van der Waals surface area contributed by atoms with Gasteiger partial charge in [0.1, 0.15) is 11.6 Å². The van der Waals surface area contributed by atoms with Crippen molar-refractivity contribution >= 4 is 29.6 Å². The number of nitrogens with one attached hydrogen (secondary N) is 1. The van der Waals surface area contributed by atoms with Crippen LogP contribution < -0.4 is 5.56 Å². The fraction of sp³-hybridized carbons (Fsp3) is 0.455. The molecule has 0 aromatic carbocycles. The number of aromatic nitrogens is 3. The molecule has 2 atom stereocenters. The SMILES string of the molecule is O=c1[nH]cnc2c1c(F)cn2[C@H]1CC[C@@H](COP(O)(O)=S)O1. The Bertz CT molecular complexity index is 803. The molecule has 0 saturated carbocycles. The molecule has 2 aromatic rings. The van der Waals surface area contributed by atoms with E-state index in [0.717, 1.165) is 0 Å². The lowest BCUT2D eigenvalue weighted by atomic mass is 10.2. The Balaban J connectivity index is 1.81. The van der Waals surface area contributed by atoms with Gasteiger partial charge in [0.2, 0.25) is 0 Å². The van der Waals surface area contributed by atoms with Gasteiger partial charge in [0.05, 0.1) is 19.0 Å². The maximum Gasteiger partial charge on any atom is 0.321 e. The van der Waals surface area contributed by atoms with Crippen molar-refractivity contribution in [2.24, 2.45) is 0 Å². The largest absolute Gasteiger partial charge is 0.352 e. The molecule has 1 aliphatic rings. The van der Waals surface area contributed by atoms with Gasteiger partial charge in [-0.2, -0.15) is 0 Å². The third-order valence-electron chi connectivity index (χ3n) is 3.39. The van der Waals surface area contributed by atoms with Crippen LogP contribution in [0.2, 0.25) is 0 Å². The van der Waals surface area contributed by atoms with E-state index in [1.807, 2.05) is 0 Å². The molecular formula is C11H13FN3O5PS. The molecule has 0 unspecified atom stereocenters. The first-order chi connectivity index (χ1) is 10.3. The standard InChI is InChI=1S/C11H13FN3O5PS/c12-7-3-15(10-9(7)11(16)14-5-13-10)8-2-1-6(20-8)4-19-21(17,18)22/h3,5-6,8H,1-2,4H2,(H,13,14,16)(H2,17,18,22)/t6-,8+/m0/s1. The van der Waals surface area contributed by atoms with Crippen molar-refractivity contribution in [3.05, 3.63) is 28.7 Å². The van der Waals surface area contributed by atoms with Crippen LogP contribution in [0, 0.1) is 5.82 Å². The lowest BCUT2D eigenvalue weighted by Gasteiger charge is -2.16. The Labute approximate surface area is 128 Å². The summed E-state index contributed by atoms with van der Waals surface area (Å²) in [6, 6.07) is 0. The maximum absolute atomic E-state index is 13.9. The highest BCUT2D eigenvalue weighted by atomic mass is 32.5. The first-order valence-electron chi connectivity index (χ1n) is 6.44. The Morgan fingerprint density at radius 3 is 3.09 bits per heavy atom. The van der Waals surface area contributed by atoms with Crippen LogP contribution in [-0.2, 0) is 21.1 Å². The van der Waals surface area contributed by atoms with E-state index in [0.29, 0.717) is 12.8 Å². The zero-order valence-electron chi connectivity index (χ0n) is 11.2. The number of hydrogen-bond acceptors (Lipinski definition) is 5.